The molecular formula is C21H19F3N6O. The summed E-state index contributed by atoms with van der Waals surface area (Å²) in [5.41, 5.74) is 7.27. The van der Waals surface area contributed by atoms with E-state index >= 15 is 0 Å². The number of anilines is 1. The molecule has 0 aliphatic rings. The van der Waals surface area contributed by atoms with Crippen LogP contribution in [0.2, 0.25) is 0 Å². The van der Waals surface area contributed by atoms with Gasteiger partial charge in [-0.1, -0.05) is 0 Å². The predicted octanol–water partition coefficient (Wildman–Crippen LogP) is 3.95. The SMILES string of the molecule is CC(c1ccc(C(F)(F)F)cn1)N(C)C(=O)c1ccc2nc(N)c3c(cnn3C)c2c1. The standard InChI is InChI=1S/C21H19F3N6O/c1-11(16-7-5-13(9-26-16)21(22,23)24)29(2)20(31)12-4-6-17-14(8-12)15-10-27-30(3)18(15)19(25)28-17/h4-11H,1-3H3,(H2,25,28). The zero-order chi connectivity index (χ0) is 22.5. The highest BCUT2D eigenvalue weighted by atomic mass is 19.4. The summed E-state index contributed by atoms with van der Waals surface area (Å²) in [6.45, 7) is 1.70. The Kier molecular flexibility index (Phi) is 4.79. The maximum Gasteiger partial charge on any atom is 0.417 e. The fourth-order valence-corrected chi connectivity index (χ4v) is 3.50. The number of amides is 1. The first-order valence-corrected chi connectivity index (χ1v) is 9.39. The number of alkyl halides is 3. The van der Waals surface area contributed by atoms with Crippen LogP contribution in [0.4, 0.5) is 19.0 Å². The molecule has 10 heteroatoms. The van der Waals surface area contributed by atoms with Gasteiger partial charge in [-0.25, -0.2) is 4.98 Å². The van der Waals surface area contributed by atoms with Crippen LogP contribution in [0.25, 0.3) is 21.8 Å². The smallest absolute Gasteiger partial charge is 0.382 e. The molecule has 1 unspecified atom stereocenters. The maximum absolute atomic E-state index is 13.1. The van der Waals surface area contributed by atoms with E-state index < -0.39 is 17.8 Å². The van der Waals surface area contributed by atoms with Crippen molar-refractivity contribution in [2.45, 2.75) is 19.1 Å². The summed E-state index contributed by atoms with van der Waals surface area (Å²) in [5, 5.41) is 5.73. The molecule has 0 fully saturated rings. The Morgan fingerprint density at radius 2 is 1.90 bits per heavy atom. The van der Waals surface area contributed by atoms with E-state index in [4.69, 9.17) is 5.73 Å². The van der Waals surface area contributed by atoms with Gasteiger partial charge in [0, 0.05) is 36.6 Å². The first-order valence-electron chi connectivity index (χ1n) is 9.39. The van der Waals surface area contributed by atoms with Crippen LogP contribution in [-0.4, -0.2) is 37.6 Å². The van der Waals surface area contributed by atoms with Gasteiger partial charge in [0.25, 0.3) is 5.91 Å². The highest BCUT2D eigenvalue weighted by Gasteiger charge is 2.31. The van der Waals surface area contributed by atoms with Crippen molar-refractivity contribution in [1.29, 1.82) is 0 Å². The average Bonchev–Trinajstić information content (AvgIpc) is 3.14. The van der Waals surface area contributed by atoms with E-state index in [0.717, 1.165) is 23.0 Å². The normalized spacial score (nSPS) is 13.0. The van der Waals surface area contributed by atoms with Crippen molar-refractivity contribution in [2.75, 3.05) is 12.8 Å². The number of aromatic nitrogens is 4. The third-order valence-corrected chi connectivity index (χ3v) is 5.40. The zero-order valence-electron chi connectivity index (χ0n) is 17.0. The minimum Gasteiger partial charge on any atom is -0.382 e. The highest BCUT2D eigenvalue weighted by molar-refractivity contribution is 6.10. The van der Waals surface area contributed by atoms with E-state index in [1.165, 1.54) is 11.0 Å². The molecular weight excluding hydrogens is 409 g/mol. The minimum absolute atomic E-state index is 0.301. The maximum atomic E-state index is 13.1. The molecule has 0 bridgehead atoms. The monoisotopic (exact) mass is 428 g/mol. The molecule has 3 heterocycles. The van der Waals surface area contributed by atoms with Gasteiger partial charge < -0.3 is 10.6 Å². The summed E-state index contributed by atoms with van der Waals surface area (Å²) in [7, 11) is 3.34. The Balaban J connectivity index is 1.67. The second kappa shape index (κ2) is 7.22. The van der Waals surface area contributed by atoms with Crippen LogP contribution in [0.1, 0.15) is 34.6 Å². The van der Waals surface area contributed by atoms with Gasteiger partial charge >= 0.3 is 6.18 Å². The lowest BCUT2D eigenvalue weighted by atomic mass is 10.1. The Labute approximate surface area is 175 Å². The fourth-order valence-electron chi connectivity index (χ4n) is 3.50. The molecule has 31 heavy (non-hydrogen) atoms. The molecule has 3 aromatic heterocycles. The lowest BCUT2D eigenvalue weighted by Gasteiger charge is -2.25. The van der Waals surface area contributed by atoms with Gasteiger partial charge in [-0.05, 0) is 37.3 Å². The summed E-state index contributed by atoms with van der Waals surface area (Å²) >= 11 is 0. The molecule has 0 radical (unpaired) electrons. The molecule has 1 atom stereocenters. The number of halogens is 3. The molecule has 2 N–H and O–H groups in total. The van der Waals surface area contributed by atoms with Crippen molar-refractivity contribution in [3.05, 3.63) is 59.5 Å². The van der Waals surface area contributed by atoms with Gasteiger partial charge in [-0.3, -0.25) is 14.5 Å². The van der Waals surface area contributed by atoms with Crippen molar-refractivity contribution >= 4 is 33.5 Å². The van der Waals surface area contributed by atoms with Crippen LogP contribution in [0.5, 0.6) is 0 Å². The van der Waals surface area contributed by atoms with Crippen LogP contribution in [0.15, 0.2) is 42.7 Å². The molecule has 0 spiro atoms. The summed E-state index contributed by atoms with van der Waals surface area (Å²) in [6, 6.07) is 6.78. The number of rotatable bonds is 3. The second-order valence-electron chi connectivity index (χ2n) is 7.32. The molecule has 1 amide bonds. The van der Waals surface area contributed by atoms with Crippen LogP contribution >= 0.6 is 0 Å². The Hall–Kier alpha value is -3.69. The number of benzene rings is 1. The summed E-state index contributed by atoms with van der Waals surface area (Å²) < 4.78 is 39.9. The topological polar surface area (TPSA) is 89.9 Å². The number of nitrogens with two attached hydrogens (primary N) is 1. The van der Waals surface area contributed by atoms with Crippen LogP contribution in [-0.2, 0) is 13.2 Å². The molecule has 1 aromatic carbocycles. The van der Waals surface area contributed by atoms with Crippen LogP contribution < -0.4 is 5.73 Å². The fraction of sp³-hybridized carbons (Fsp3) is 0.238. The van der Waals surface area contributed by atoms with Crippen molar-refractivity contribution in [3.8, 4) is 0 Å². The number of carbonyl (C=O) groups is 1. The number of hydrogen-bond acceptors (Lipinski definition) is 5. The lowest BCUT2D eigenvalue weighted by molar-refractivity contribution is -0.137. The number of aryl methyl sites for hydroxylation is 1. The first-order chi connectivity index (χ1) is 14.6. The van der Waals surface area contributed by atoms with Crippen molar-refractivity contribution in [1.82, 2.24) is 24.6 Å². The number of hydrogen-bond donors (Lipinski definition) is 1. The third kappa shape index (κ3) is 3.54. The molecule has 0 saturated carbocycles. The lowest BCUT2D eigenvalue weighted by Crippen LogP contribution is -2.30. The number of nitrogens with zero attached hydrogens (tertiary/aromatic N) is 5. The predicted molar refractivity (Wildman–Crippen MR) is 110 cm³/mol. The van der Waals surface area contributed by atoms with E-state index in [2.05, 4.69) is 15.1 Å². The van der Waals surface area contributed by atoms with Crippen LogP contribution in [0, 0.1) is 0 Å². The van der Waals surface area contributed by atoms with E-state index in [0.29, 0.717) is 28.1 Å². The quantitative estimate of drug-likeness (QED) is 0.534. The van der Waals surface area contributed by atoms with Crippen molar-refractivity contribution in [2.24, 2.45) is 7.05 Å². The highest BCUT2D eigenvalue weighted by Crippen LogP contribution is 2.31. The average molecular weight is 428 g/mol. The summed E-state index contributed by atoms with van der Waals surface area (Å²) in [5.74, 6) is 0.0469. The number of fused-ring (bicyclic) bond motifs is 3. The van der Waals surface area contributed by atoms with Crippen molar-refractivity contribution in [3.63, 3.8) is 0 Å². The zero-order valence-corrected chi connectivity index (χ0v) is 17.0. The molecule has 7 nitrogen and oxygen atoms in total. The molecule has 160 valence electrons. The van der Waals surface area contributed by atoms with Gasteiger partial charge in [0.15, 0.2) is 0 Å². The van der Waals surface area contributed by atoms with Gasteiger partial charge in [-0.15, -0.1) is 0 Å². The molecule has 0 aliphatic carbocycles. The van der Waals surface area contributed by atoms with Gasteiger partial charge in [0.05, 0.1) is 29.0 Å². The van der Waals surface area contributed by atoms with E-state index in [-0.39, 0.29) is 5.91 Å². The van der Waals surface area contributed by atoms with Crippen molar-refractivity contribution < 1.29 is 18.0 Å². The Bertz CT molecular complexity index is 1300. The minimum atomic E-state index is -4.46. The third-order valence-electron chi connectivity index (χ3n) is 5.40. The second-order valence-corrected chi connectivity index (χ2v) is 7.32. The number of carbonyl (C=O) groups excluding carboxylic acids is 1. The van der Waals surface area contributed by atoms with E-state index in [9.17, 15) is 18.0 Å². The summed E-state index contributed by atoms with van der Waals surface area (Å²) in [4.78, 5) is 22.8. The number of pyridine rings is 2. The molecule has 4 aromatic rings. The Morgan fingerprint density at radius 3 is 2.55 bits per heavy atom. The van der Waals surface area contributed by atoms with E-state index in [1.54, 1.807) is 50.1 Å². The number of nitrogen functional groups attached to an aromatic ring is 1. The van der Waals surface area contributed by atoms with E-state index in [1.807, 2.05) is 0 Å². The van der Waals surface area contributed by atoms with Gasteiger partial charge in [-0.2, -0.15) is 18.3 Å². The molecule has 4 rings (SSSR count). The largest absolute Gasteiger partial charge is 0.417 e. The molecule has 0 aliphatic heterocycles. The molecule has 0 saturated heterocycles. The van der Waals surface area contributed by atoms with Crippen LogP contribution in [0.3, 0.4) is 0 Å². The first kappa shape index (κ1) is 20.6. The van der Waals surface area contributed by atoms with Gasteiger partial charge in [0.1, 0.15) is 11.3 Å². The Morgan fingerprint density at radius 1 is 1.16 bits per heavy atom. The van der Waals surface area contributed by atoms with Gasteiger partial charge in [0.2, 0.25) is 0 Å². The summed E-state index contributed by atoms with van der Waals surface area (Å²) in [6.07, 6.45) is -2.02.